The zero-order valence-electron chi connectivity index (χ0n) is 9.57. The van der Waals surface area contributed by atoms with Gasteiger partial charge in [-0.1, -0.05) is 6.07 Å². The molecule has 0 fully saturated rings. The third kappa shape index (κ3) is 3.33. The molecule has 0 unspecified atom stereocenters. The van der Waals surface area contributed by atoms with Crippen LogP contribution in [0.25, 0.3) is 6.08 Å². The molecule has 0 aliphatic rings. The highest BCUT2D eigenvalue weighted by Gasteiger charge is 2.06. The fourth-order valence-corrected chi connectivity index (χ4v) is 2.05. The van der Waals surface area contributed by atoms with Gasteiger partial charge in [0.2, 0.25) is 0 Å². The lowest BCUT2D eigenvalue weighted by atomic mass is 10.1. The van der Waals surface area contributed by atoms with E-state index in [2.05, 4.69) is 15.9 Å². The minimum absolute atomic E-state index is 0.0606. The third-order valence-corrected chi connectivity index (χ3v) is 2.79. The van der Waals surface area contributed by atoms with Gasteiger partial charge in [-0.05, 0) is 39.7 Å². The fraction of sp³-hybridized carbons (Fsp3) is 0.167. The van der Waals surface area contributed by atoms with E-state index in [0.29, 0.717) is 0 Å². The second-order valence-corrected chi connectivity index (χ2v) is 4.49. The molecule has 0 saturated carbocycles. The Kier molecular flexibility index (Phi) is 4.30. The van der Waals surface area contributed by atoms with Crippen molar-refractivity contribution in [3.8, 4) is 6.07 Å². The molecule has 1 aromatic rings. The maximum absolute atomic E-state index is 10.9. The van der Waals surface area contributed by atoms with Gasteiger partial charge in [-0.25, -0.2) is 0 Å². The van der Waals surface area contributed by atoms with Crippen LogP contribution in [-0.2, 0) is 4.79 Å². The van der Waals surface area contributed by atoms with Gasteiger partial charge in [-0.15, -0.1) is 0 Å². The Balaban J connectivity index is 3.15. The SMILES string of the molecule is CN(C)c1ccc(/C=C(\C#N)C(N)=O)cc1Br. The Morgan fingerprint density at radius 1 is 1.53 bits per heavy atom. The molecule has 1 amide bonds. The molecule has 0 bridgehead atoms. The summed E-state index contributed by atoms with van der Waals surface area (Å²) in [6, 6.07) is 7.31. The number of nitrogens with zero attached hydrogens (tertiary/aromatic N) is 2. The monoisotopic (exact) mass is 293 g/mol. The predicted molar refractivity (Wildman–Crippen MR) is 71.3 cm³/mol. The van der Waals surface area contributed by atoms with Crippen LogP contribution in [0.15, 0.2) is 28.2 Å². The number of hydrogen-bond acceptors (Lipinski definition) is 3. The number of primary amides is 1. The molecule has 0 aromatic heterocycles. The number of carbonyl (C=O) groups is 1. The lowest BCUT2D eigenvalue weighted by molar-refractivity contribution is -0.114. The topological polar surface area (TPSA) is 70.1 Å². The molecule has 0 saturated heterocycles. The quantitative estimate of drug-likeness (QED) is 0.684. The lowest BCUT2D eigenvalue weighted by Crippen LogP contribution is -2.12. The summed E-state index contributed by atoms with van der Waals surface area (Å²) in [5.74, 6) is -0.722. The van der Waals surface area contributed by atoms with Crippen LogP contribution in [0, 0.1) is 11.3 Å². The van der Waals surface area contributed by atoms with Gasteiger partial charge in [0.15, 0.2) is 0 Å². The first kappa shape index (κ1) is 13.3. The van der Waals surface area contributed by atoms with Crippen LogP contribution in [0.4, 0.5) is 5.69 Å². The molecular formula is C12H12BrN3O. The standard InChI is InChI=1S/C12H12BrN3O/c1-16(2)11-4-3-8(6-10(11)13)5-9(7-14)12(15)17/h3-6H,1-2H3,(H2,15,17)/b9-5+. The fourth-order valence-electron chi connectivity index (χ4n) is 1.30. The Hall–Kier alpha value is -1.80. The van der Waals surface area contributed by atoms with Gasteiger partial charge < -0.3 is 10.6 Å². The molecule has 0 aliphatic carbocycles. The smallest absolute Gasteiger partial charge is 0.259 e. The minimum Gasteiger partial charge on any atom is -0.377 e. The highest BCUT2D eigenvalue weighted by Crippen LogP contribution is 2.26. The van der Waals surface area contributed by atoms with Crippen LogP contribution in [0.2, 0.25) is 0 Å². The van der Waals surface area contributed by atoms with Gasteiger partial charge in [-0.2, -0.15) is 5.26 Å². The molecule has 0 aliphatic heterocycles. The Morgan fingerprint density at radius 3 is 2.59 bits per heavy atom. The molecule has 4 nitrogen and oxygen atoms in total. The van der Waals surface area contributed by atoms with Crippen LogP contribution >= 0.6 is 15.9 Å². The van der Waals surface area contributed by atoms with E-state index in [1.54, 1.807) is 6.07 Å². The summed E-state index contributed by atoms with van der Waals surface area (Å²) in [7, 11) is 3.86. The number of nitrogens with two attached hydrogens (primary N) is 1. The van der Waals surface area contributed by atoms with Crippen LogP contribution in [0.1, 0.15) is 5.56 Å². The van der Waals surface area contributed by atoms with E-state index in [-0.39, 0.29) is 5.57 Å². The molecule has 88 valence electrons. The molecular weight excluding hydrogens is 282 g/mol. The summed E-state index contributed by atoms with van der Waals surface area (Å²) >= 11 is 3.43. The summed E-state index contributed by atoms with van der Waals surface area (Å²) in [4.78, 5) is 12.9. The van der Waals surface area contributed by atoms with E-state index in [0.717, 1.165) is 15.7 Å². The number of benzene rings is 1. The number of carbonyl (C=O) groups excluding carboxylic acids is 1. The van der Waals surface area contributed by atoms with E-state index in [1.165, 1.54) is 6.08 Å². The number of halogens is 1. The van der Waals surface area contributed by atoms with Crippen molar-refractivity contribution in [2.75, 3.05) is 19.0 Å². The van der Waals surface area contributed by atoms with Crippen molar-refractivity contribution in [2.24, 2.45) is 5.73 Å². The average molecular weight is 294 g/mol. The summed E-state index contributed by atoms with van der Waals surface area (Å²) in [6.07, 6.45) is 1.46. The predicted octanol–water partition coefficient (Wildman–Crippen LogP) is 1.91. The molecule has 0 spiro atoms. The molecule has 2 N–H and O–H groups in total. The van der Waals surface area contributed by atoms with Gasteiger partial charge in [0.05, 0.1) is 5.69 Å². The Labute approximate surface area is 108 Å². The maximum atomic E-state index is 10.9. The van der Waals surface area contributed by atoms with Crippen molar-refractivity contribution in [2.45, 2.75) is 0 Å². The van der Waals surface area contributed by atoms with Crippen molar-refractivity contribution < 1.29 is 4.79 Å². The Bertz CT molecular complexity index is 515. The molecule has 5 heteroatoms. The van der Waals surface area contributed by atoms with Crippen LogP contribution in [0.5, 0.6) is 0 Å². The highest BCUT2D eigenvalue weighted by atomic mass is 79.9. The van der Waals surface area contributed by atoms with Crippen molar-refractivity contribution in [1.29, 1.82) is 5.26 Å². The molecule has 17 heavy (non-hydrogen) atoms. The molecule has 0 atom stereocenters. The first-order valence-corrected chi connectivity index (χ1v) is 5.63. The average Bonchev–Trinajstić information content (AvgIpc) is 2.24. The summed E-state index contributed by atoms with van der Waals surface area (Å²) < 4.78 is 0.887. The summed E-state index contributed by atoms with van der Waals surface area (Å²) in [6.45, 7) is 0. The summed E-state index contributed by atoms with van der Waals surface area (Å²) in [5.41, 5.74) is 6.76. The lowest BCUT2D eigenvalue weighted by Gasteiger charge is -2.14. The van der Waals surface area contributed by atoms with Gasteiger partial charge in [0, 0.05) is 18.6 Å². The van der Waals surface area contributed by atoms with E-state index < -0.39 is 5.91 Å². The normalized spacial score (nSPS) is 10.8. The van der Waals surface area contributed by atoms with Gasteiger partial charge in [0.1, 0.15) is 11.6 Å². The molecule has 0 radical (unpaired) electrons. The van der Waals surface area contributed by atoms with Crippen molar-refractivity contribution >= 4 is 33.6 Å². The van der Waals surface area contributed by atoms with E-state index in [4.69, 9.17) is 11.0 Å². The first-order chi connectivity index (χ1) is 7.95. The van der Waals surface area contributed by atoms with Crippen LogP contribution in [0.3, 0.4) is 0 Å². The zero-order valence-corrected chi connectivity index (χ0v) is 11.2. The largest absolute Gasteiger partial charge is 0.377 e. The van der Waals surface area contributed by atoms with Crippen molar-refractivity contribution in [3.05, 3.63) is 33.8 Å². The number of rotatable bonds is 3. The van der Waals surface area contributed by atoms with E-state index >= 15 is 0 Å². The number of hydrogen-bond donors (Lipinski definition) is 1. The van der Waals surface area contributed by atoms with Gasteiger partial charge in [0.25, 0.3) is 5.91 Å². The molecule has 1 rings (SSSR count). The third-order valence-electron chi connectivity index (χ3n) is 2.15. The minimum atomic E-state index is -0.722. The van der Waals surface area contributed by atoms with Crippen LogP contribution in [-0.4, -0.2) is 20.0 Å². The number of anilines is 1. The zero-order chi connectivity index (χ0) is 13.0. The first-order valence-electron chi connectivity index (χ1n) is 4.84. The highest BCUT2D eigenvalue weighted by molar-refractivity contribution is 9.10. The van der Waals surface area contributed by atoms with Crippen molar-refractivity contribution in [1.82, 2.24) is 0 Å². The molecule has 0 heterocycles. The van der Waals surface area contributed by atoms with Gasteiger partial charge >= 0.3 is 0 Å². The van der Waals surface area contributed by atoms with E-state index in [9.17, 15) is 4.79 Å². The summed E-state index contributed by atoms with van der Waals surface area (Å²) in [5, 5.41) is 8.73. The van der Waals surface area contributed by atoms with E-state index in [1.807, 2.05) is 37.2 Å². The van der Waals surface area contributed by atoms with Gasteiger partial charge in [-0.3, -0.25) is 4.79 Å². The van der Waals surface area contributed by atoms with Crippen LogP contribution < -0.4 is 10.6 Å². The number of nitriles is 1. The second-order valence-electron chi connectivity index (χ2n) is 3.64. The Morgan fingerprint density at radius 2 is 2.18 bits per heavy atom. The van der Waals surface area contributed by atoms with Crippen molar-refractivity contribution in [3.63, 3.8) is 0 Å². The number of amides is 1. The molecule has 1 aromatic carbocycles. The maximum Gasteiger partial charge on any atom is 0.259 e. The second kappa shape index (κ2) is 5.51.